The van der Waals surface area contributed by atoms with Gasteiger partial charge in [0.25, 0.3) is 11.8 Å². The van der Waals surface area contributed by atoms with E-state index in [2.05, 4.69) is 10.6 Å². The number of fused-ring (bicyclic) bond motifs is 3. The predicted octanol–water partition coefficient (Wildman–Crippen LogP) is 4.71. The number of nitrogens with one attached hydrogen (secondary N) is 2. The SMILES string of the molecule is Cc1ccc2c(c1)NC(=O)c1cc(NC(=O)c3cc4ccccc4oc3=O)ccc1O2. The minimum atomic E-state index is -0.738. The highest BCUT2D eigenvalue weighted by Gasteiger charge is 2.22. The molecule has 0 atom stereocenters. The number of hydrogen-bond donors (Lipinski definition) is 2. The molecule has 1 aromatic heterocycles. The van der Waals surface area contributed by atoms with Crippen LogP contribution in [0.2, 0.25) is 0 Å². The highest BCUT2D eigenvalue weighted by atomic mass is 16.5. The summed E-state index contributed by atoms with van der Waals surface area (Å²) < 4.78 is 11.1. The molecule has 0 unspecified atom stereocenters. The Morgan fingerprint density at radius 2 is 1.74 bits per heavy atom. The fourth-order valence-corrected chi connectivity index (χ4v) is 3.43. The van der Waals surface area contributed by atoms with Crippen molar-refractivity contribution in [3.05, 3.63) is 93.8 Å². The van der Waals surface area contributed by atoms with Gasteiger partial charge >= 0.3 is 5.63 Å². The molecule has 31 heavy (non-hydrogen) atoms. The van der Waals surface area contributed by atoms with Gasteiger partial charge < -0.3 is 19.8 Å². The summed E-state index contributed by atoms with van der Waals surface area (Å²) in [7, 11) is 0. The molecular formula is C24H16N2O5. The lowest BCUT2D eigenvalue weighted by Crippen LogP contribution is -2.21. The van der Waals surface area contributed by atoms with Crippen molar-refractivity contribution < 1.29 is 18.7 Å². The van der Waals surface area contributed by atoms with E-state index in [0.717, 1.165) is 5.56 Å². The molecule has 2 N–H and O–H groups in total. The minimum Gasteiger partial charge on any atom is -0.454 e. The summed E-state index contributed by atoms with van der Waals surface area (Å²) in [6.45, 7) is 1.92. The molecule has 7 heteroatoms. The van der Waals surface area contributed by atoms with Crippen LogP contribution >= 0.6 is 0 Å². The summed E-state index contributed by atoms with van der Waals surface area (Å²) in [5.41, 5.74) is 1.69. The first-order chi connectivity index (χ1) is 15.0. The van der Waals surface area contributed by atoms with Gasteiger partial charge in [0.2, 0.25) is 0 Å². The van der Waals surface area contributed by atoms with E-state index in [1.807, 2.05) is 19.1 Å². The molecule has 0 fully saturated rings. The quantitative estimate of drug-likeness (QED) is 0.465. The van der Waals surface area contributed by atoms with Gasteiger partial charge in [-0.3, -0.25) is 9.59 Å². The Morgan fingerprint density at radius 1 is 0.935 bits per heavy atom. The number of para-hydroxylation sites is 1. The summed E-state index contributed by atoms with van der Waals surface area (Å²) in [5.74, 6) is -0.0967. The number of ether oxygens (including phenoxy) is 1. The van der Waals surface area contributed by atoms with Crippen molar-refractivity contribution in [1.82, 2.24) is 0 Å². The van der Waals surface area contributed by atoms with Crippen LogP contribution in [0.15, 0.2) is 75.9 Å². The maximum Gasteiger partial charge on any atom is 0.349 e. The lowest BCUT2D eigenvalue weighted by Gasteiger charge is -2.10. The zero-order chi connectivity index (χ0) is 21.5. The molecule has 2 heterocycles. The van der Waals surface area contributed by atoms with Gasteiger partial charge in [-0.2, -0.15) is 0 Å². The molecule has 2 amide bonds. The van der Waals surface area contributed by atoms with E-state index < -0.39 is 11.5 Å². The highest BCUT2D eigenvalue weighted by Crippen LogP contribution is 2.37. The summed E-state index contributed by atoms with van der Waals surface area (Å²) >= 11 is 0. The number of aryl methyl sites for hydroxylation is 1. The van der Waals surface area contributed by atoms with Crippen LogP contribution in [0.25, 0.3) is 11.0 Å². The van der Waals surface area contributed by atoms with Crippen LogP contribution in [-0.4, -0.2) is 11.8 Å². The summed E-state index contributed by atoms with van der Waals surface area (Å²) in [6, 6.07) is 18.6. The summed E-state index contributed by atoms with van der Waals surface area (Å²) in [4.78, 5) is 37.7. The van der Waals surface area contributed by atoms with E-state index in [-0.39, 0.29) is 17.0 Å². The van der Waals surface area contributed by atoms with Crippen molar-refractivity contribution in [1.29, 1.82) is 0 Å². The van der Waals surface area contributed by atoms with E-state index in [9.17, 15) is 14.4 Å². The molecule has 5 rings (SSSR count). The fourth-order valence-electron chi connectivity index (χ4n) is 3.43. The van der Waals surface area contributed by atoms with E-state index >= 15 is 0 Å². The third-order valence-electron chi connectivity index (χ3n) is 4.97. The van der Waals surface area contributed by atoms with Gasteiger partial charge in [-0.1, -0.05) is 24.3 Å². The van der Waals surface area contributed by atoms with E-state index in [4.69, 9.17) is 9.15 Å². The lowest BCUT2D eigenvalue weighted by atomic mass is 10.1. The number of carbonyl (C=O) groups excluding carboxylic acids is 2. The van der Waals surface area contributed by atoms with Crippen LogP contribution < -0.4 is 21.0 Å². The van der Waals surface area contributed by atoms with Gasteiger partial charge in [-0.25, -0.2) is 4.79 Å². The second-order valence-corrected chi connectivity index (χ2v) is 7.21. The molecule has 0 saturated heterocycles. The largest absolute Gasteiger partial charge is 0.454 e. The Labute approximate surface area is 176 Å². The van der Waals surface area contributed by atoms with Crippen molar-refractivity contribution in [3.8, 4) is 11.5 Å². The van der Waals surface area contributed by atoms with Gasteiger partial charge in [0.15, 0.2) is 5.75 Å². The van der Waals surface area contributed by atoms with Crippen molar-refractivity contribution >= 4 is 34.2 Å². The molecule has 1 aliphatic rings. The molecule has 3 aromatic carbocycles. The Kier molecular flexibility index (Phi) is 4.29. The third-order valence-corrected chi connectivity index (χ3v) is 4.97. The standard InChI is InChI=1S/C24H16N2O5/c1-13-6-8-21-18(10-13)26-22(27)16-12-15(7-9-20(16)30-21)25-23(28)17-11-14-4-2-3-5-19(14)31-24(17)29/h2-12H,1H3,(H,25,28)(H,26,27). The van der Waals surface area contributed by atoms with Gasteiger partial charge in [0.05, 0.1) is 11.3 Å². The topological polar surface area (TPSA) is 97.6 Å². The number of amides is 2. The monoisotopic (exact) mass is 412 g/mol. The first kappa shape index (κ1) is 18.6. The van der Waals surface area contributed by atoms with Crippen LogP contribution in [0.5, 0.6) is 11.5 Å². The lowest BCUT2D eigenvalue weighted by molar-refractivity contribution is 0.101. The van der Waals surface area contributed by atoms with E-state index in [1.54, 1.807) is 42.5 Å². The maximum atomic E-state index is 12.7. The van der Waals surface area contributed by atoms with Crippen molar-refractivity contribution in [3.63, 3.8) is 0 Å². The van der Waals surface area contributed by atoms with Gasteiger partial charge in [0.1, 0.15) is 16.9 Å². The van der Waals surface area contributed by atoms with Crippen molar-refractivity contribution in [2.24, 2.45) is 0 Å². The zero-order valence-corrected chi connectivity index (χ0v) is 16.4. The van der Waals surface area contributed by atoms with Crippen molar-refractivity contribution in [2.75, 3.05) is 10.6 Å². The average Bonchev–Trinajstić information content (AvgIpc) is 2.88. The predicted molar refractivity (Wildman–Crippen MR) is 116 cm³/mol. The Balaban J connectivity index is 1.46. The first-order valence-corrected chi connectivity index (χ1v) is 9.56. The van der Waals surface area contributed by atoms with Gasteiger partial charge in [-0.05, 0) is 55.0 Å². The second kappa shape index (κ2) is 7.14. The average molecular weight is 412 g/mol. The first-order valence-electron chi connectivity index (χ1n) is 9.56. The number of hydrogen-bond acceptors (Lipinski definition) is 5. The maximum absolute atomic E-state index is 12.7. The molecule has 152 valence electrons. The van der Waals surface area contributed by atoms with Crippen LogP contribution in [0, 0.1) is 6.92 Å². The van der Waals surface area contributed by atoms with Gasteiger partial charge in [0, 0.05) is 11.1 Å². The smallest absolute Gasteiger partial charge is 0.349 e. The number of benzene rings is 3. The second-order valence-electron chi connectivity index (χ2n) is 7.21. The molecule has 0 spiro atoms. The zero-order valence-electron chi connectivity index (χ0n) is 16.4. The highest BCUT2D eigenvalue weighted by molar-refractivity contribution is 6.10. The molecule has 1 aliphatic heterocycles. The summed E-state index contributed by atoms with van der Waals surface area (Å²) in [5, 5.41) is 6.10. The minimum absolute atomic E-state index is 0.128. The Morgan fingerprint density at radius 3 is 2.61 bits per heavy atom. The molecule has 0 bridgehead atoms. The normalized spacial score (nSPS) is 12.2. The fraction of sp³-hybridized carbons (Fsp3) is 0.0417. The number of rotatable bonds is 2. The van der Waals surface area contributed by atoms with E-state index in [0.29, 0.717) is 33.8 Å². The molecule has 4 aromatic rings. The van der Waals surface area contributed by atoms with Crippen LogP contribution in [0.4, 0.5) is 11.4 Å². The third kappa shape index (κ3) is 3.42. The van der Waals surface area contributed by atoms with Crippen LogP contribution in [-0.2, 0) is 0 Å². The molecule has 0 radical (unpaired) electrons. The molecule has 0 aliphatic carbocycles. The Hall–Kier alpha value is -4.39. The van der Waals surface area contributed by atoms with Crippen LogP contribution in [0.1, 0.15) is 26.3 Å². The van der Waals surface area contributed by atoms with E-state index in [1.165, 1.54) is 12.1 Å². The molecule has 7 nitrogen and oxygen atoms in total. The number of anilines is 2. The van der Waals surface area contributed by atoms with Crippen molar-refractivity contribution in [2.45, 2.75) is 6.92 Å². The van der Waals surface area contributed by atoms with Gasteiger partial charge in [-0.15, -0.1) is 0 Å². The summed E-state index contributed by atoms with van der Waals surface area (Å²) in [6.07, 6.45) is 0. The molecule has 0 saturated carbocycles. The Bertz CT molecular complexity index is 1440. The van der Waals surface area contributed by atoms with Crippen LogP contribution in [0.3, 0.4) is 0 Å². The molecular weight excluding hydrogens is 396 g/mol. The number of carbonyl (C=O) groups is 2.